The molecule has 1 saturated heterocycles. The number of unbranched alkanes of at least 4 members (excludes halogenated alkanes) is 2. The quantitative estimate of drug-likeness (QED) is 0.615. The van der Waals surface area contributed by atoms with Gasteiger partial charge in [0.05, 0.1) is 0 Å². The van der Waals surface area contributed by atoms with Crippen LogP contribution in [0.1, 0.15) is 46.5 Å². The third-order valence-corrected chi connectivity index (χ3v) is 3.89. The molecule has 1 heterocycles. The lowest BCUT2D eigenvalue weighted by molar-refractivity contribution is 0.131. The highest BCUT2D eigenvalue weighted by molar-refractivity contribution is 4.71. The molecular weight excluding hydrogens is 234 g/mol. The van der Waals surface area contributed by atoms with E-state index in [1.54, 1.807) is 0 Å². The van der Waals surface area contributed by atoms with Crippen molar-refractivity contribution in [1.82, 2.24) is 15.1 Å². The fourth-order valence-electron chi connectivity index (χ4n) is 2.71. The Hall–Kier alpha value is -0.120. The molecule has 0 spiro atoms. The lowest BCUT2D eigenvalue weighted by Crippen LogP contribution is -2.46. The summed E-state index contributed by atoms with van der Waals surface area (Å²) in [6.07, 6.45) is 5.38. The van der Waals surface area contributed by atoms with Crippen LogP contribution in [-0.2, 0) is 0 Å². The van der Waals surface area contributed by atoms with E-state index in [9.17, 15) is 0 Å². The number of hydrogen-bond donors (Lipinski definition) is 1. The Kier molecular flexibility index (Phi) is 9.48. The first kappa shape index (κ1) is 16.9. The minimum absolute atomic E-state index is 0.777. The minimum atomic E-state index is 0.777. The molecule has 0 amide bonds. The van der Waals surface area contributed by atoms with Gasteiger partial charge in [0, 0.05) is 26.2 Å². The van der Waals surface area contributed by atoms with Gasteiger partial charge in [-0.3, -0.25) is 0 Å². The Labute approximate surface area is 120 Å². The average Bonchev–Trinajstić information content (AvgIpc) is 2.39. The summed E-state index contributed by atoms with van der Waals surface area (Å²) in [5, 5.41) is 3.52. The van der Waals surface area contributed by atoms with Gasteiger partial charge in [0.25, 0.3) is 0 Å². The number of piperazine rings is 1. The fourth-order valence-corrected chi connectivity index (χ4v) is 2.71. The maximum Gasteiger partial charge on any atom is 0.0110 e. The number of nitrogens with one attached hydrogen (secondary N) is 1. The Morgan fingerprint density at radius 2 is 1.53 bits per heavy atom. The summed E-state index contributed by atoms with van der Waals surface area (Å²) in [6.45, 7) is 16.9. The SMILES string of the molecule is CCCN1CCN(CCCCCNCC(C)C)CC1. The van der Waals surface area contributed by atoms with E-state index in [-0.39, 0.29) is 0 Å². The van der Waals surface area contributed by atoms with Gasteiger partial charge in [-0.05, 0) is 51.4 Å². The van der Waals surface area contributed by atoms with Gasteiger partial charge >= 0.3 is 0 Å². The molecule has 1 N–H and O–H groups in total. The molecule has 1 rings (SSSR count). The van der Waals surface area contributed by atoms with Crippen molar-refractivity contribution in [3.63, 3.8) is 0 Å². The molecule has 0 aliphatic carbocycles. The Morgan fingerprint density at radius 1 is 0.895 bits per heavy atom. The van der Waals surface area contributed by atoms with Gasteiger partial charge in [-0.2, -0.15) is 0 Å². The summed E-state index contributed by atoms with van der Waals surface area (Å²) in [5.74, 6) is 0.777. The van der Waals surface area contributed by atoms with Crippen LogP contribution in [0.4, 0.5) is 0 Å². The molecule has 0 aromatic carbocycles. The molecule has 0 unspecified atom stereocenters. The maximum absolute atomic E-state index is 3.52. The van der Waals surface area contributed by atoms with Crippen LogP contribution in [0, 0.1) is 5.92 Å². The number of rotatable bonds is 10. The number of nitrogens with zero attached hydrogens (tertiary/aromatic N) is 2. The van der Waals surface area contributed by atoms with Crippen molar-refractivity contribution in [3.05, 3.63) is 0 Å². The molecular formula is C16H35N3. The van der Waals surface area contributed by atoms with Crippen LogP contribution in [-0.4, -0.2) is 62.2 Å². The van der Waals surface area contributed by atoms with Gasteiger partial charge in [0.1, 0.15) is 0 Å². The topological polar surface area (TPSA) is 18.5 Å². The molecule has 0 aromatic heterocycles. The van der Waals surface area contributed by atoms with Crippen molar-refractivity contribution in [2.75, 3.05) is 52.4 Å². The first-order valence-corrected chi connectivity index (χ1v) is 8.37. The zero-order chi connectivity index (χ0) is 13.9. The van der Waals surface area contributed by atoms with Crippen molar-refractivity contribution in [3.8, 4) is 0 Å². The van der Waals surface area contributed by atoms with Gasteiger partial charge in [0.2, 0.25) is 0 Å². The molecule has 0 bridgehead atoms. The van der Waals surface area contributed by atoms with Crippen LogP contribution in [0.3, 0.4) is 0 Å². The molecule has 0 saturated carbocycles. The van der Waals surface area contributed by atoms with E-state index in [1.165, 1.54) is 78.0 Å². The zero-order valence-electron chi connectivity index (χ0n) is 13.5. The highest BCUT2D eigenvalue weighted by atomic mass is 15.3. The van der Waals surface area contributed by atoms with Crippen molar-refractivity contribution in [2.24, 2.45) is 5.92 Å². The molecule has 1 fully saturated rings. The molecule has 114 valence electrons. The van der Waals surface area contributed by atoms with Gasteiger partial charge in [-0.15, -0.1) is 0 Å². The van der Waals surface area contributed by atoms with E-state index in [0.29, 0.717) is 0 Å². The average molecular weight is 269 g/mol. The largest absolute Gasteiger partial charge is 0.316 e. The van der Waals surface area contributed by atoms with Gasteiger partial charge in [-0.25, -0.2) is 0 Å². The Morgan fingerprint density at radius 3 is 2.11 bits per heavy atom. The smallest absolute Gasteiger partial charge is 0.0110 e. The highest BCUT2D eigenvalue weighted by Crippen LogP contribution is 2.05. The van der Waals surface area contributed by atoms with Crippen LogP contribution in [0.25, 0.3) is 0 Å². The molecule has 1 aliphatic heterocycles. The fraction of sp³-hybridized carbons (Fsp3) is 1.00. The van der Waals surface area contributed by atoms with Crippen LogP contribution in [0.5, 0.6) is 0 Å². The summed E-state index contributed by atoms with van der Waals surface area (Å²) in [7, 11) is 0. The van der Waals surface area contributed by atoms with E-state index < -0.39 is 0 Å². The molecule has 0 radical (unpaired) electrons. The summed E-state index contributed by atoms with van der Waals surface area (Å²) >= 11 is 0. The molecule has 19 heavy (non-hydrogen) atoms. The monoisotopic (exact) mass is 269 g/mol. The normalized spacial score (nSPS) is 18.3. The lowest BCUT2D eigenvalue weighted by atomic mass is 10.2. The van der Waals surface area contributed by atoms with Crippen molar-refractivity contribution >= 4 is 0 Å². The van der Waals surface area contributed by atoms with Gasteiger partial charge in [-0.1, -0.05) is 27.2 Å². The van der Waals surface area contributed by atoms with E-state index in [2.05, 4.69) is 35.9 Å². The zero-order valence-corrected chi connectivity index (χ0v) is 13.5. The molecule has 0 atom stereocenters. The summed E-state index contributed by atoms with van der Waals surface area (Å²) in [6, 6.07) is 0. The second kappa shape index (κ2) is 10.6. The van der Waals surface area contributed by atoms with E-state index in [0.717, 1.165) is 5.92 Å². The summed E-state index contributed by atoms with van der Waals surface area (Å²) in [4.78, 5) is 5.25. The van der Waals surface area contributed by atoms with Crippen molar-refractivity contribution in [1.29, 1.82) is 0 Å². The van der Waals surface area contributed by atoms with Crippen molar-refractivity contribution in [2.45, 2.75) is 46.5 Å². The minimum Gasteiger partial charge on any atom is -0.316 e. The molecule has 0 aromatic rings. The number of hydrogen-bond acceptors (Lipinski definition) is 3. The van der Waals surface area contributed by atoms with E-state index in [1.807, 2.05) is 0 Å². The van der Waals surface area contributed by atoms with Gasteiger partial charge in [0.15, 0.2) is 0 Å². The summed E-state index contributed by atoms with van der Waals surface area (Å²) in [5.41, 5.74) is 0. The van der Waals surface area contributed by atoms with Crippen molar-refractivity contribution < 1.29 is 0 Å². The molecule has 3 heteroatoms. The Balaban J connectivity index is 1.88. The first-order valence-electron chi connectivity index (χ1n) is 8.37. The third kappa shape index (κ3) is 8.61. The lowest BCUT2D eigenvalue weighted by Gasteiger charge is -2.34. The van der Waals surface area contributed by atoms with Crippen LogP contribution in [0.15, 0.2) is 0 Å². The standard InChI is InChI=1S/C16H35N3/c1-4-9-18-11-13-19(14-12-18)10-7-5-6-8-17-15-16(2)3/h16-17H,4-15H2,1-3H3. The predicted molar refractivity (Wildman–Crippen MR) is 84.7 cm³/mol. The van der Waals surface area contributed by atoms with Crippen LogP contribution < -0.4 is 5.32 Å². The predicted octanol–water partition coefficient (Wildman–Crippen LogP) is 2.43. The second-order valence-corrected chi connectivity index (χ2v) is 6.34. The van der Waals surface area contributed by atoms with Crippen LogP contribution >= 0.6 is 0 Å². The van der Waals surface area contributed by atoms with Gasteiger partial charge < -0.3 is 15.1 Å². The Bertz CT molecular complexity index is 198. The maximum atomic E-state index is 3.52. The van der Waals surface area contributed by atoms with E-state index >= 15 is 0 Å². The highest BCUT2D eigenvalue weighted by Gasteiger charge is 2.14. The third-order valence-electron chi connectivity index (χ3n) is 3.89. The summed E-state index contributed by atoms with van der Waals surface area (Å²) < 4.78 is 0. The van der Waals surface area contributed by atoms with E-state index in [4.69, 9.17) is 0 Å². The van der Waals surface area contributed by atoms with Crippen LogP contribution in [0.2, 0.25) is 0 Å². The molecule has 3 nitrogen and oxygen atoms in total. The molecule has 1 aliphatic rings. The first-order chi connectivity index (χ1) is 9.22. The second-order valence-electron chi connectivity index (χ2n) is 6.34.